The third-order valence-electron chi connectivity index (χ3n) is 3.30. The van der Waals surface area contributed by atoms with Crippen molar-refractivity contribution in [3.8, 4) is 0 Å². The zero-order valence-electron chi connectivity index (χ0n) is 11.8. The molecule has 1 atom stereocenters. The highest BCUT2D eigenvalue weighted by Gasteiger charge is 2.22. The van der Waals surface area contributed by atoms with Gasteiger partial charge in [0.25, 0.3) is 0 Å². The number of carboxylic acid groups (broad SMARTS) is 1. The fourth-order valence-electron chi connectivity index (χ4n) is 1.43. The summed E-state index contributed by atoms with van der Waals surface area (Å²) >= 11 is 0. The van der Waals surface area contributed by atoms with Crippen LogP contribution in [0, 0.1) is 11.3 Å². The average molecular weight is 267 g/mol. The molecule has 0 spiro atoms. The summed E-state index contributed by atoms with van der Waals surface area (Å²) in [5.41, 5.74) is 0.0818. The zero-order chi connectivity index (χ0) is 14.6. The second-order valence-electron chi connectivity index (χ2n) is 5.82. The maximum atomic E-state index is 11.7. The standard InChI is InChI=1S/C14H21NO4/c1-9(14(2,3)4)7-12(16)15-8-10-5-6-11(19-10)13(17)18/h5-6,9H,7-8H2,1-4H3,(H,15,16)(H,17,18). The van der Waals surface area contributed by atoms with Crippen LogP contribution in [0.5, 0.6) is 0 Å². The molecule has 106 valence electrons. The molecule has 0 saturated heterocycles. The lowest BCUT2D eigenvalue weighted by atomic mass is 9.80. The predicted molar refractivity (Wildman–Crippen MR) is 70.8 cm³/mol. The SMILES string of the molecule is CC(CC(=O)NCc1ccc(C(=O)O)o1)C(C)(C)C. The van der Waals surface area contributed by atoms with Crippen molar-refractivity contribution < 1.29 is 19.1 Å². The summed E-state index contributed by atoms with van der Waals surface area (Å²) in [5, 5.41) is 11.4. The number of carbonyl (C=O) groups excluding carboxylic acids is 1. The lowest BCUT2D eigenvalue weighted by Crippen LogP contribution is -2.28. The number of carbonyl (C=O) groups is 2. The maximum absolute atomic E-state index is 11.7. The largest absolute Gasteiger partial charge is 0.475 e. The first kappa shape index (κ1) is 15.3. The van der Waals surface area contributed by atoms with Crippen LogP contribution in [0.2, 0.25) is 0 Å². The number of rotatable bonds is 5. The van der Waals surface area contributed by atoms with Gasteiger partial charge in [-0.3, -0.25) is 4.79 Å². The lowest BCUT2D eigenvalue weighted by molar-refractivity contribution is -0.122. The van der Waals surface area contributed by atoms with Gasteiger partial charge in [0.2, 0.25) is 11.7 Å². The summed E-state index contributed by atoms with van der Waals surface area (Å²) in [6.07, 6.45) is 0.440. The van der Waals surface area contributed by atoms with Crippen LogP contribution in [0.4, 0.5) is 0 Å². The number of hydrogen-bond donors (Lipinski definition) is 2. The lowest BCUT2D eigenvalue weighted by Gasteiger charge is -2.26. The minimum absolute atomic E-state index is 0.0595. The Morgan fingerprint density at radius 3 is 2.47 bits per heavy atom. The van der Waals surface area contributed by atoms with Gasteiger partial charge >= 0.3 is 5.97 Å². The van der Waals surface area contributed by atoms with Gasteiger partial charge in [-0.25, -0.2) is 4.79 Å². The van der Waals surface area contributed by atoms with Crippen molar-refractivity contribution in [2.45, 2.75) is 40.7 Å². The van der Waals surface area contributed by atoms with Crippen molar-refractivity contribution in [2.24, 2.45) is 11.3 Å². The Bertz CT molecular complexity index is 456. The number of aromatic carboxylic acids is 1. The first-order valence-electron chi connectivity index (χ1n) is 6.29. The molecule has 2 N–H and O–H groups in total. The third kappa shape index (κ3) is 4.77. The van der Waals surface area contributed by atoms with Crippen molar-refractivity contribution in [1.29, 1.82) is 0 Å². The van der Waals surface area contributed by atoms with Gasteiger partial charge in [0.1, 0.15) is 5.76 Å². The van der Waals surface area contributed by atoms with E-state index in [4.69, 9.17) is 9.52 Å². The van der Waals surface area contributed by atoms with Gasteiger partial charge in [-0.15, -0.1) is 0 Å². The van der Waals surface area contributed by atoms with Crippen LogP contribution in [0.15, 0.2) is 16.5 Å². The fraction of sp³-hybridized carbons (Fsp3) is 0.571. The topological polar surface area (TPSA) is 79.5 Å². The Morgan fingerprint density at radius 1 is 1.37 bits per heavy atom. The molecule has 0 aromatic carbocycles. The van der Waals surface area contributed by atoms with Crippen LogP contribution in [-0.2, 0) is 11.3 Å². The number of nitrogens with one attached hydrogen (secondary N) is 1. The van der Waals surface area contributed by atoms with Crippen molar-refractivity contribution in [2.75, 3.05) is 0 Å². The number of carboxylic acids is 1. The van der Waals surface area contributed by atoms with Crippen molar-refractivity contribution >= 4 is 11.9 Å². The molecule has 0 radical (unpaired) electrons. The first-order valence-corrected chi connectivity index (χ1v) is 6.29. The third-order valence-corrected chi connectivity index (χ3v) is 3.30. The highest BCUT2D eigenvalue weighted by atomic mass is 16.4. The maximum Gasteiger partial charge on any atom is 0.371 e. The molecule has 0 aliphatic heterocycles. The van der Waals surface area contributed by atoms with Crippen LogP contribution in [-0.4, -0.2) is 17.0 Å². The highest BCUT2D eigenvalue weighted by molar-refractivity contribution is 5.84. The van der Waals surface area contributed by atoms with Gasteiger partial charge in [-0.2, -0.15) is 0 Å². The Hall–Kier alpha value is -1.78. The molecule has 1 heterocycles. The van der Waals surface area contributed by atoms with Crippen LogP contribution in [0.3, 0.4) is 0 Å². The van der Waals surface area contributed by atoms with Crippen molar-refractivity contribution in [3.63, 3.8) is 0 Å². The van der Waals surface area contributed by atoms with E-state index >= 15 is 0 Å². The van der Waals surface area contributed by atoms with E-state index in [1.165, 1.54) is 6.07 Å². The minimum Gasteiger partial charge on any atom is -0.475 e. The molecule has 19 heavy (non-hydrogen) atoms. The van der Waals surface area contributed by atoms with E-state index in [0.717, 1.165) is 0 Å². The molecule has 0 fully saturated rings. The molecule has 1 aromatic heterocycles. The van der Waals surface area contributed by atoms with Crippen LogP contribution in [0.25, 0.3) is 0 Å². The summed E-state index contributed by atoms with van der Waals surface area (Å²) in [6.45, 7) is 8.53. The molecule has 0 bridgehead atoms. The van der Waals surface area contributed by atoms with Crippen molar-refractivity contribution in [1.82, 2.24) is 5.32 Å². The molecule has 5 nitrogen and oxygen atoms in total. The van der Waals surface area contributed by atoms with E-state index in [1.54, 1.807) is 6.07 Å². The average Bonchev–Trinajstić information content (AvgIpc) is 2.73. The van der Waals surface area contributed by atoms with Gasteiger partial charge in [-0.05, 0) is 23.5 Å². The van der Waals surface area contributed by atoms with E-state index in [-0.39, 0.29) is 29.5 Å². The summed E-state index contributed by atoms with van der Waals surface area (Å²) in [5.74, 6) is -0.588. The van der Waals surface area contributed by atoms with E-state index < -0.39 is 5.97 Å². The number of hydrogen-bond acceptors (Lipinski definition) is 3. The van der Waals surface area contributed by atoms with Gasteiger partial charge in [0.15, 0.2) is 0 Å². The number of furan rings is 1. The molecule has 1 rings (SSSR count). The van der Waals surface area contributed by atoms with Crippen LogP contribution >= 0.6 is 0 Å². The molecule has 0 aliphatic carbocycles. The van der Waals surface area contributed by atoms with Gasteiger partial charge < -0.3 is 14.8 Å². The second-order valence-corrected chi connectivity index (χ2v) is 5.82. The molecule has 1 amide bonds. The monoisotopic (exact) mass is 267 g/mol. The van der Waals surface area contributed by atoms with E-state index in [1.807, 2.05) is 6.92 Å². The van der Waals surface area contributed by atoms with Crippen molar-refractivity contribution in [3.05, 3.63) is 23.7 Å². The molecule has 5 heteroatoms. The minimum atomic E-state index is -1.11. The van der Waals surface area contributed by atoms with E-state index in [0.29, 0.717) is 12.2 Å². The quantitative estimate of drug-likeness (QED) is 0.859. The zero-order valence-corrected chi connectivity index (χ0v) is 11.8. The summed E-state index contributed by atoms with van der Waals surface area (Å²) in [7, 11) is 0. The van der Waals surface area contributed by atoms with E-state index in [2.05, 4.69) is 26.1 Å². The highest BCUT2D eigenvalue weighted by Crippen LogP contribution is 2.27. The van der Waals surface area contributed by atoms with Gasteiger partial charge in [0.05, 0.1) is 6.54 Å². The molecule has 1 unspecified atom stereocenters. The Morgan fingerprint density at radius 2 is 2.00 bits per heavy atom. The van der Waals surface area contributed by atoms with Gasteiger partial charge in [0, 0.05) is 6.42 Å². The summed E-state index contributed by atoms with van der Waals surface area (Å²) in [4.78, 5) is 22.4. The van der Waals surface area contributed by atoms with Gasteiger partial charge in [-0.1, -0.05) is 27.7 Å². The first-order chi connectivity index (χ1) is 8.70. The molecule has 0 saturated carbocycles. The summed E-state index contributed by atoms with van der Waals surface area (Å²) in [6, 6.07) is 2.93. The number of amides is 1. The predicted octanol–water partition coefficient (Wildman–Crippen LogP) is 2.67. The second kappa shape index (κ2) is 5.91. The molecule has 1 aromatic rings. The van der Waals surface area contributed by atoms with Crippen LogP contribution in [0.1, 0.15) is 50.4 Å². The van der Waals surface area contributed by atoms with Crippen LogP contribution < -0.4 is 5.32 Å². The smallest absolute Gasteiger partial charge is 0.371 e. The summed E-state index contributed by atoms with van der Waals surface area (Å²) < 4.78 is 5.05. The molecule has 0 aliphatic rings. The van der Waals surface area contributed by atoms with E-state index in [9.17, 15) is 9.59 Å². The molecular formula is C14H21NO4. The molecular weight excluding hydrogens is 246 g/mol. The Balaban J connectivity index is 2.44. The Kier molecular flexibility index (Phi) is 4.75. The Labute approximate surface area is 113 Å². The fourth-order valence-corrected chi connectivity index (χ4v) is 1.43. The normalized spacial score (nSPS) is 13.1.